The minimum Gasteiger partial charge on any atom is -0.411 e. The molecule has 0 aliphatic carbocycles. The number of rotatable bonds is 3. The summed E-state index contributed by atoms with van der Waals surface area (Å²) in [6, 6.07) is 0. The average Bonchev–Trinajstić information content (AvgIpc) is 2.24. The molecule has 0 saturated carbocycles. The van der Waals surface area contributed by atoms with E-state index in [0.29, 0.717) is 0 Å². The summed E-state index contributed by atoms with van der Waals surface area (Å²) in [5.74, 6) is 5.82. The third-order valence-electron chi connectivity index (χ3n) is 2.50. The molecule has 0 bridgehead atoms. The first-order valence-corrected chi connectivity index (χ1v) is 5.26. The van der Waals surface area contributed by atoms with Crippen LogP contribution in [0.25, 0.3) is 0 Å². The molecule has 82 valence electrons. The Kier molecular flexibility index (Phi) is 4.92. The Bertz CT molecular complexity index is 320. The molecule has 0 aromatic rings. The van der Waals surface area contributed by atoms with Crippen molar-refractivity contribution in [3.05, 3.63) is 11.6 Å². The second kappa shape index (κ2) is 6.26. The molecule has 1 N–H and O–H groups in total. The molecule has 0 radical (unpaired) electrons. The van der Waals surface area contributed by atoms with E-state index in [1.165, 1.54) is 0 Å². The first kappa shape index (κ1) is 11.8. The largest absolute Gasteiger partial charge is 0.411 e. The number of hydrogen-bond acceptors (Lipinski definition) is 3. The standard InChI is InChI=1S/C12H18N2O/c1-3-4-5-8-12(13-15)11-7-6-9-14(2)10-11/h7,15H,5-6,8-10H2,1-2H3/b13-12+. The Morgan fingerprint density at radius 1 is 1.67 bits per heavy atom. The molecule has 0 aromatic heterocycles. The lowest BCUT2D eigenvalue weighted by Crippen LogP contribution is -2.28. The molecule has 0 fully saturated rings. The van der Waals surface area contributed by atoms with Gasteiger partial charge in [0.05, 0.1) is 5.71 Å². The maximum atomic E-state index is 8.94. The third-order valence-corrected chi connectivity index (χ3v) is 2.50. The highest BCUT2D eigenvalue weighted by Gasteiger charge is 2.13. The molecule has 1 rings (SSSR count). The average molecular weight is 206 g/mol. The van der Waals surface area contributed by atoms with E-state index in [9.17, 15) is 0 Å². The van der Waals surface area contributed by atoms with E-state index in [0.717, 1.165) is 43.6 Å². The lowest BCUT2D eigenvalue weighted by Gasteiger charge is -2.23. The first-order valence-electron chi connectivity index (χ1n) is 5.26. The Labute approximate surface area is 91.5 Å². The van der Waals surface area contributed by atoms with E-state index < -0.39 is 0 Å². The minimum absolute atomic E-state index is 0.733. The molecule has 3 heteroatoms. The zero-order valence-electron chi connectivity index (χ0n) is 9.45. The summed E-state index contributed by atoms with van der Waals surface area (Å²) >= 11 is 0. The van der Waals surface area contributed by atoms with Crippen molar-refractivity contribution in [2.75, 3.05) is 20.1 Å². The quantitative estimate of drug-likeness (QED) is 0.331. The van der Waals surface area contributed by atoms with Gasteiger partial charge in [0.2, 0.25) is 0 Å². The molecule has 1 aliphatic rings. The van der Waals surface area contributed by atoms with Crippen LogP contribution in [0.15, 0.2) is 16.8 Å². The number of nitrogens with zero attached hydrogens (tertiary/aromatic N) is 2. The fourth-order valence-corrected chi connectivity index (χ4v) is 1.68. The first-order chi connectivity index (χ1) is 7.27. The van der Waals surface area contributed by atoms with Crippen LogP contribution in [0.3, 0.4) is 0 Å². The molecule has 0 unspecified atom stereocenters. The molecule has 0 spiro atoms. The lowest BCUT2D eigenvalue weighted by atomic mass is 10.0. The highest BCUT2D eigenvalue weighted by Crippen LogP contribution is 2.12. The number of likely N-dealkylation sites (N-methyl/N-ethyl adjacent to an activating group) is 1. The molecular weight excluding hydrogens is 188 g/mol. The van der Waals surface area contributed by atoms with Crippen molar-refractivity contribution in [1.29, 1.82) is 0 Å². The summed E-state index contributed by atoms with van der Waals surface area (Å²) in [5.41, 5.74) is 1.92. The van der Waals surface area contributed by atoms with Crippen LogP contribution in [0.1, 0.15) is 26.2 Å². The van der Waals surface area contributed by atoms with Gasteiger partial charge in [0.25, 0.3) is 0 Å². The molecule has 0 atom stereocenters. The van der Waals surface area contributed by atoms with Crippen LogP contribution in [0.5, 0.6) is 0 Å². The molecule has 15 heavy (non-hydrogen) atoms. The van der Waals surface area contributed by atoms with E-state index in [2.05, 4.69) is 35.0 Å². The fourth-order valence-electron chi connectivity index (χ4n) is 1.68. The maximum Gasteiger partial charge on any atom is 0.0846 e. The minimum atomic E-state index is 0.733. The monoisotopic (exact) mass is 206 g/mol. The molecule has 0 amide bonds. The Hall–Kier alpha value is -1.27. The van der Waals surface area contributed by atoms with Crippen LogP contribution < -0.4 is 0 Å². The summed E-state index contributed by atoms with van der Waals surface area (Å²) in [6.45, 7) is 3.78. The van der Waals surface area contributed by atoms with Gasteiger partial charge in [-0.25, -0.2) is 0 Å². The van der Waals surface area contributed by atoms with E-state index in [1.54, 1.807) is 0 Å². The summed E-state index contributed by atoms with van der Waals surface area (Å²) in [4.78, 5) is 2.23. The van der Waals surface area contributed by atoms with E-state index in [-0.39, 0.29) is 0 Å². The van der Waals surface area contributed by atoms with Crippen LogP contribution >= 0.6 is 0 Å². The Morgan fingerprint density at radius 2 is 2.47 bits per heavy atom. The van der Waals surface area contributed by atoms with Crippen molar-refractivity contribution in [2.24, 2.45) is 5.16 Å². The molecule has 0 aromatic carbocycles. The zero-order chi connectivity index (χ0) is 11.1. The van der Waals surface area contributed by atoms with Gasteiger partial charge in [-0.3, -0.25) is 0 Å². The van der Waals surface area contributed by atoms with Crippen LogP contribution in [0.4, 0.5) is 0 Å². The van der Waals surface area contributed by atoms with Gasteiger partial charge in [-0.15, -0.1) is 11.8 Å². The second-order valence-corrected chi connectivity index (χ2v) is 3.73. The SMILES string of the molecule is CC#CCC/C(=N\O)C1=CCCN(C)C1. The van der Waals surface area contributed by atoms with Gasteiger partial charge in [0, 0.05) is 25.9 Å². The van der Waals surface area contributed by atoms with E-state index in [4.69, 9.17) is 5.21 Å². The van der Waals surface area contributed by atoms with Gasteiger partial charge in [-0.1, -0.05) is 11.2 Å². The number of hydrogen-bond donors (Lipinski definition) is 1. The van der Waals surface area contributed by atoms with Crippen molar-refractivity contribution in [1.82, 2.24) is 4.90 Å². The van der Waals surface area contributed by atoms with Gasteiger partial charge < -0.3 is 10.1 Å². The van der Waals surface area contributed by atoms with Crippen molar-refractivity contribution in [3.63, 3.8) is 0 Å². The van der Waals surface area contributed by atoms with Crippen molar-refractivity contribution in [2.45, 2.75) is 26.2 Å². The molecule has 1 aliphatic heterocycles. The summed E-state index contributed by atoms with van der Waals surface area (Å²) < 4.78 is 0. The molecular formula is C12H18N2O. The summed E-state index contributed by atoms with van der Waals surface area (Å²) in [5, 5.41) is 12.3. The van der Waals surface area contributed by atoms with Crippen molar-refractivity contribution < 1.29 is 5.21 Å². The molecule has 0 saturated heterocycles. The summed E-state index contributed by atoms with van der Waals surface area (Å²) in [6.07, 6.45) is 4.69. The number of oxime groups is 1. The molecule has 3 nitrogen and oxygen atoms in total. The summed E-state index contributed by atoms with van der Waals surface area (Å²) in [7, 11) is 2.08. The van der Waals surface area contributed by atoms with Crippen molar-refractivity contribution >= 4 is 5.71 Å². The zero-order valence-corrected chi connectivity index (χ0v) is 9.45. The van der Waals surface area contributed by atoms with Gasteiger partial charge in [0.1, 0.15) is 0 Å². The van der Waals surface area contributed by atoms with E-state index >= 15 is 0 Å². The predicted molar refractivity (Wildman–Crippen MR) is 62.1 cm³/mol. The second-order valence-electron chi connectivity index (χ2n) is 3.73. The Morgan fingerprint density at radius 3 is 3.07 bits per heavy atom. The van der Waals surface area contributed by atoms with Crippen LogP contribution in [-0.4, -0.2) is 36.0 Å². The smallest absolute Gasteiger partial charge is 0.0846 e. The van der Waals surface area contributed by atoms with E-state index in [1.807, 2.05) is 6.92 Å². The van der Waals surface area contributed by atoms with Gasteiger partial charge in [-0.2, -0.15) is 0 Å². The van der Waals surface area contributed by atoms with Crippen LogP contribution in [0, 0.1) is 11.8 Å². The predicted octanol–water partition coefficient (Wildman–Crippen LogP) is 1.88. The van der Waals surface area contributed by atoms with Gasteiger partial charge in [0.15, 0.2) is 0 Å². The maximum absolute atomic E-state index is 8.94. The van der Waals surface area contributed by atoms with Gasteiger partial charge in [-0.05, 0) is 26.0 Å². The van der Waals surface area contributed by atoms with Crippen molar-refractivity contribution in [3.8, 4) is 11.8 Å². The Balaban J connectivity index is 2.57. The highest BCUT2D eigenvalue weighted by atomic mass is 16.4. The molecule has 1 heterocycles. The van der Waals surface area contributed by atoms with Gasteiger partial charge >= 0.3 is 0 Å². The third kappa shape index (κ3) is 3.77. The normalized spacial score (nSPS) is 18.0. The highest BCUT2D eigenvalue weighted by molar-refractivity contribution is 6.00. The van der Waals surface area contributed by atoms with Crippen LogP contribution in [-0.2, 0) is 0 Å². The fraction of sp³-hybridized carbons (Fsp3) is 0.583. The topological polar surface area (TPSA) is 35.8 Å². The van der Waals surface area contributed by atoms with Crippen LogP contribution in [0.2, 0.25) is 0 Å². The lowest BCUT2D eigenvalue weighted by molar-refractivity contribution is 0.315.